The highest BCUT2D eigenvalue weighted by atomic mass is 16.5. The van der Waals surface area contributed by atoms with Gasteiger partial charge in [-0.15, -0.1) is 0 Å². The van der Waals surface area contributed by atoms with Gasteiger partial charge >= 0.3 is 0 Å². The highest BCUT2D eigenvalue weighted by Gasteiger charge is 2.33. The molecule has 0 saturated carbocycles. The van der Waals surface area contributed by atoms with Crippen LogP contribution in [-0.4, -0.2) is 35.9 Å². The summed E-state index contributed by atoms with van der Waals surface area (Å²) in [6.07, 6.45) is 7.57. The quantitative estimate of drug-likeness (QED) is 0.844. The van der Waals surface area contributed by atoms with Crippen LogP contribution in [0, 0.1) is 0 Å². The first-order valence-electron chi connectivity index (χ1n) is 6.60. The van der Waals surface area contributed by atoms with Crippen molar-refractivity contribution >= 4 is 0 Å². The minimum Gasteiger partial charge on any atom is -0.379 e. The first-order valence-corrected chi connectivity index (χ1v) is 6.60. The molecule has 0 aromatic carbocycles. The highest BCUT2D eigenvalue weighted by molar-refractivity contribution is 5.16. The van der Waals surface area contributed by atoms with Gasteiger partial charge in [-0.2, -0.15) is 0 Å². The zero-order valence-electron chi connectivity index (χ0n) is 10.5. The van der Waals surface area contributed by atoms with E-state index in [0.717, 1.165) is 32.7 Å². The van der Waals surface area contributed by atoms with E-state index in [9.17, 15) is 0 Å². The molecule has 3 rings (SSSR count). The van der Waals surface area contributed by atoms with Gasteiger partial charge in [0, 0.05) is 23.9 Å². The van der Waals surface area contributed by atoms with E-state index in [2.05, 4.69) is 28.0 Å². The molecule has 0 radical (unpaired) electrons. The minimum atomic E-state index is 0.282. The molecule has 0 bridgehead atoms. The van der Waals surface area contributed by atoms with Crippen LogP contribution < -0.4 is 5.32 Å². The van der Waals surface area contributed by atoms with Crippen molar-refractivity contribution in [2.75, 3.05) is 26.3 Å². The van der Waals surface area contributed by atoms with E-state index >= 15 is 0 Å². The third-order valence-electron chi connectivity index (χ3n) is 4.29. The number of rotatable bonds is 2. The maximum absolute atomic E-state index is 5.50. The molecule has 1 aromatic heterocycles. The lowest BCUT2D eigenvalue weighted by atomic mass is 9.78. The van der Waals surface area contributed by atoms with Crippen LogP contribution in [0.4, 0.5) is 0 Å². The zero-order chi connectivity index (χ0) is 11.7. The van der Waals surface area contributed by atoms with Crippen molar-refractivity contribution in [1.82, 2.24) is 14.9 Å². The summed E-state index contributed by atoms with van der Waals surface area (Å²) in [6, 6.07) is 0.499. The van der Waals surface area contributed by atoms with E-state index in [-0.39, 0.29) is 5.41 Å². The van der Waals surface area contributed by atoms with Crippen LogP contribution in [0.1, 0.15) is 37.9 Å². The molecule has 2 saturated heterocycles. The first kappa shape index (κ1) is 11.2. The van der Waals surface area contributed by atoms with Gasteiger partial charge < -0.3 is 14.6 Å². The van der Waals surface area contributed by atoms with Gasteiger partial charge in [-0.3, -0.25) is 0 Å². The fourth-order valence-corrected chi connectivity index (χ4v) is 3.04. The topological polar surface area (TPSA) is 39.1 Å². The van der Waals surface area contributed by atoms with Gasteiger partial charge in [0.2, 0.25) is 0 Å². The fraction of sp³-hybridized carbons (Fsp3) is 0.769. The van der Waals surface area contributed by atoms with Gasteiger partial charge in [-0.1, -0.05) is 6.92 Å². The Bertz CT molecular complexity index is 376. The molecular formula is C13H21N3O. The van der Waals surface area contributed by atoms with Crippen LogP contribution in [0.3, 0.4) is 0 Å². The fourth-order valence-electron chi connectivity index (χ4n) is 3.04. The summed E-state index contributed by atoms with van der Waals surface area (Å²) in [5.74, 6) is 0. The molecule has 1 atom stereocenters. The summed E-state index contributed by atoms with van der Waals surface area (Å²) < 4.78 is 7.85. The third kappa shape index (κ3) is 2.00. The van der Waals surface area contributed by atoms with Crippen LogP contribution in [0.2, 0.25) is 0 Å². The largest absolute Gasteiger partial charge is 0.379 e. The van der Waals surface area contributed by atoms with E-state index < -0.39 is 0 Å². The maximum Gasteiger partial charge on any atom is 0.0951 e. The lowest BCUT2D eigenvalue weighted by molar-refractivity contribution is 0.184. The smallest absolute Gasteiger partial charge is 0.0951 e. The zero-order valence-corrected chi connectivity index (χ0v) is 10.5. The van der Waals surface area contributed by atoms with Gasteiger partial charge in [0.15, 0.2) is 0 Å². The standard InChI is InChI=1S/C13H21N3O/c1-13(3-5-14-6-4-13)12-8-15-10-16(12)11-2-7-17-9-11/h8,10-11,14H,2-7,9H2,1H3. The molecule has 3 heterocycles. The number of imidazole rings is 1. The normalized spacial score (nSPS) is 28.4. The summed E-state index contributed by atoms with van der Waals surface area (Å²) in [4.78, 5) is 4.37. The highest BCUT2D eigenvalue weighted by Crippen LogP contribution is 2.35. The van der Waals surface area contributed by atoms with Crippen molar-refractivity contribution in [2.24, 2.45) is 0 Å². The first-order chi connectivity index (χ1) is 8.30. The van der Waals surface area contributed by atoms with E-state index in [1.54, 1.807) is 0 Å². The third-order valence-corrected chi connectivity index (χ3v) is 4.29. The summed E-state index contributed by atoms with van der Waals surface area (Å²) in [7, 11) is 0. The van der Waals surface area contributed by atoms with Crippen molar-refractivity contribution in [2.45, 2.75) is 37.6 Å². The molecule has 0 amide bonds. The second-order valence-corrected chi connectivity index (χ2v) is 5.51. The molecule has 1 N–H and O–H groups in total. The van der Waals surface area contributed by atoms with Gasteiger partial charge in [-0.05, 0) is 32.4 Å². The van der Waals surface area contributed by atoms with Gasteiger partial charge in [0.05, 0.1) is 19.0 Å². The monoisotopic (exact) mass is 235 g/mol. The molecule has 94 valence electrons. The summed E-state index contributed by atoms with van der Waals surface area (Å²) >= 11 is 0. The predicted molar refractivity (Wildman–Crippen MR) is 66.2 cm³/mol. The molecular weight excluding hydrogens is 214 g/mol. The van der Waals surface area contributed by atoms with Gasteiger partial charge in [0.1, 0.15) is 0 Å². The van der Waals surface area contributed by atoms with Crippen LogP contribution in [0.15, 0.2) is 12.5 Å². The number of hydrogen-bond donors (Lipinski definition) is 1. The number of hydrogen-bond acceptors (Lipinski definition) is 3. The molecule has 4 nitrogen and oxygen atoms in total. The molecule has 0 aliphatic carbocycles. The summed E-state index contributed by atoms with van der Waals surface area (Å²) in [6.45, 7) is 6.33. The second-order valence-electron chi connectivity index (χ2n) is 5.51. The number of nitrogens with zero attached hydrogens (tertiary/aromatic N) is 2. The average Bonchev–Trinajstić information content (AvgIpc) is 3.01. The number of ether oxygens (including phenoxy) is 1. The SMILES string of the molecule is CC1(c2cncn2C2CCOC2)CCNCC1. The van der Waals surface area contributed by atoms with Gasteiger partial charge in [-0.25, -0.2) is 4.98 Å². The Kier molecular flexibility index (Phi) is 2.92. The Hall–Kier alpha value is -0.870. The Morgan fingerprint density at radius 3 is 3.00 bits per heavy atom. The molecule has 2 aliphatic rings. The van der Waals surface area contributed by atoms with Crippen molar-refractivity contribution in [3.63, 3.8) is 0 Å². The van der Waals surface area contributed by atoms with Crippen molar-refractivity contribution in [3.05, 3.63) is 18.2 Å². The average molecular weight is 235 g/mol. The Morgan fingerprint density at radius 2 is 2.29 bits per heavy atom. The van der Waals surface area contributed by atoms with E-state index in [0.29, 0.717) is 6.04 Å². The number of aromatic nitrogens is 2. The molecule has 4 heteroatoms. The van der Waals surface area contributed by atoms with Crippen LogP contribution in [0.25, 0.3) is 0 Å². The Balaban J connectivity index is 1.89. The second kappa shape index (κ2) is 4.42. The minimum absolute atomic E-state index is 0.282. The molecule has 0 spiro atoms. The van der Waals surface area contributed by atoms with Crippen molar-refractivity contribution in [1.29, 1.82) is 0 Å². The van der Waals surface area contributed by atoms with E-state index in [1.807, 2.05) is 6.33 Å². The maximum atomic E-state index is 5.50. The molecule has 17 heavy (non-hydrogen) atoms. The van der Waals surface area contributed by atoms with E-state index in [4.69, 9.17) is 4.74 Å². The molecule has 2 aliphatic heterocycles. The molecule has 2 fully saturated rings. The lowest BCUT2D eigenvalue weighted by Gasteiger charge is -2.35. The van der Waals surface area contributed by atoms with Crippen molar-refractivity contribution < 1.29 is 4.74 Å². The van der Waals surface area contributed by atoms with Crippen LogP contribution in [-0.2, 0) is 10.2 Å². The molecule has 1 unspecified atom stereocenters. The van der Waals surface area contributed by atoms with E-state index in [1.165, 1.54) is 18.5 Å². The van der Waals surface area contributed by atoms with Crippen LogP contribution in [0.5, 0.6) is 0 Å². The summed E-state index contributed by atoms with van der Waals surface area (Å²) in [5.41, 5.74) is 1.68. The lowest BCUT2D eigenvalue weighted by Crippen LogP contribution is -2.39. The Morgan fingerprint density at radius 1 is 1.47 bits per heavy atom. The number of nitrogens with one attached hydrogen (secondary N) is 1. The molecule has 1 aromatic rings. The Labute approximate surface area is 102 Å². The summed E-state index contributed by atoms with van der Waals surface area (Å²) in [5, 5.41) is 3.44. The van der Waals surface area contributed by atoms with Crippen molar-refractivity contribution in [3.8, 4) is 0 Å². The number of piperidine rings is 1. The van der Waals surface area contributed by atoms with Gasteiger partial charge in [0.25, 0.3) is 0 Å². The predicted octanol–water partition coefficient (Wildman–Crippen LogP) is 1.49. The van der Waals surface area contributed by atoms with Crippen LogP contribution >= 0.6 is 0 Å².